The van der Waals surface area contributed by atoms with E-state index in [0.29, 0.717) is 38.3 Å². The van der Waals surface area contributed by atoms with Crippen molar-refractivity contribution in [2.45, 2.75) is 63.6 Å². The molecule has 29 heavy (non-hydrogen) atoms. The van der Waals surface area contributed by atoms with Crippen LogP contribution >= 0.6 is 0 Å². The summed E-state index contributed by atoms with van der Waals surface area (Å²) in [6.45, 7) is 2.53. The first-order valence-electron chi connectivity index (χ1n) is 10.0. The number of amides is 4. The highest BCUT2D eigenvalue weighted by atomic mass is 16.2. The number of rotatable bonds is 7. The number of primary amides is 1. The molecule has 3 unspecified atom stereocenters. The third kappa shape index (κ3) is 6.89. The van der Waals surface area contributed by atoms with Gasteiger partial charge in [-0.25, -0.2) is 0 Å². The zero-order valence-electron chi connectivity index (χ0n) is 16.8. The molecule has 1 aromatic rings. The normalized spacial score (nSPS) is 21.6. The van der Waals surface area contributed by atoms with Crippen LogP contribution in [0.4, 0.5) is 0 Å². The minimum absolute atomic E-state index is 0.201. The van der Waals surface area contributed by atoms with Crippen LogP contribution in [-0.2, 0) is 25.6 Å². The van der Waals surface area contributed by atoms with E-state index in [4.69, 9.17) is 5.73 Å². The zero-order valence-corrected chi connectivity index (χ0v) is 16.8. The minimum atomic E-state index is -0.627. The van der Waals surface area contributed by atoms with Crippen molar-refractivity contribution in [2.24, 2.45) is 5.73 Å². The molecule has 0 bridgehead atoms. The molecule has 4 amide bonds. The fourth-order valence-electron chi connectivity index (χ4n) is 3.61. The van der Waals surface area contributed by atoms with Crippen LogP contribution in [-0.4, -0.2) is 53.7 Å². The van der Waals surface area contributed by atoms with E-state index in [0.717, 1.165) is 24.8 Å². The van der Waals surface area contributed by atoms with E-state index in [2.05, 4.69) is 10.6 Å². The van der Waals surface area contributed by atoms with E-state index in [1.165, 1.54) is 4.90 Å². The largest absolute Gasteiger partial charge is 0.368 e. The quantitative estimate of drug-likeness (QED) is 0.575. The molecule has 3 rings (SSSR count). The van der Waals surface area contributed by atoms with Crippen LogP contribution in [0.25, 0.3) is 0 Å². The van der Waals surface area contributed by atoms with Gasteiger partial charge in [-0.2, -0.15) is 0 Å². The second-order valence-electron chi connectivity index (χ2n) is 7.46. The Morgan fingerprint density at radius 2 is 2.03 bits per heavy atom. The lowest BCUT2D eigenvalue weighted by Gasteiger charge is -2.27. The number of benzene rings is 1. The number of aryl methyl sites for hydroxylation is 1. The Bertz CT molecular complexity index is 710. The first-order valence-corrected chi connectivity index (χ1v) is 10.0. The Morgan fingerprint density at radius 1 is 1.31 bits per heavy atom. The van der Waals surface area contributed by atoms with Gasteiger partial charge in [-0.05, 0) is 44.6 Å². The average Bonchev–Trinajstić information content (AvgIpc) is 3.34. The van der Waals surface area contributed by atoms with Crippen molar-refractivity contribution in [3.63, 3.8) is 0 Å². The van der Waals surface area contributed by atoms with E-state index in [1.807, 2.05) is 37.3 Å². The molecule has 0 aliphatic carbocycles. The van der Waals surface area contributed by atoms with Crippen LogP contribution < -0.4 is 16.4 Å². The number of carbonyl (C=O) groups is 4. The lowest BCUT2D eigenvalue weighted by atomic mass is 10.0. The Labute approximate surface area is 171 Å². The maximum atomic E-state index is 12.6. The molecule has 0 aromatic heterocycles. The first-order chi connectivity index (χ1) is 13.9. The van der Waals surface area contributed by atoms with Crippen LogP contribution in [0.2, 0.25) is 0 Å². The molecule has 8 heteroatoms. The van der Waals surface area contributed by atoms with Gasteiger partial charge >= 0.3 is 0 Å². The number of nitrogens with zero attached hydrogens (tertiary/aromatic N) is 1. The number of hydrogen-bond acceptors (Lipinski definition) is 4. The summed E-state index contributed by atoms with van der Waals surface area (Å²) < 4.78 is 0. The van der Waals surface area contributed by atoms with Crippen LogP contribution in [0, 0.1) is 0 Å². The van der Waals surface area contributed by atoms with Gasteiger partial charge in [0.25, 0.3) is 0 Å². The van der Waals surface area contributed by atoms with E-state index < -0.39 is 18.0 Å². The monoisotopic (exact) mass is 402 g/mol. The Kier molecular flexibility index (Phi) is 8.64. The first kappa shape index (κ1) is 22.4. The summed E-state index contributed by atoms with van der Waals surface area (Å²) in [6, 6.07) is 8.99. The molecule has 4 N–H and O–H groups in total. The molecule has 1 aromatic carbocycles. The summed E-state index contributed by atoms with van der Waals surface area (Å²) in [5.41, 5.74) is 6.44. The summed E-state index contributed by atoms with van der Waals surface area (Å²) in [6.07, 6.45) is 4.78. The second kappa shape index (κ2) is 11.2. The molecule has 8 nitrogen and oxygen atoms in total. The SMILES string of the molecule is CC1CCC(=O)N1.NC(=O)C1CCCN1C(=O)C(CCc1ccccc1)NC=O. The molecule has 3 atom stereocenters. The highest BCUT2D eigenvalue weighted by Crippen LogP contribution is 2.19. The highest BCUT2D eigenvalue weighted by Gasteiger charge is 2.35. The van der Waals surface area contributed by atoms with Crippen molar-refractivity contribution in [1.82, 2.24) is 15.5 Å². The molecule has 0 saturated carbocycles. The molecular weight excluding hydrogens is 372 g/mol. The zero-order chi connectivity index (χ0) is 21.2. The third-order valence-electron chi connectivity index (χ3n) is 5.21. The lowest BCUT2D eigenvalue weighted by molar-refractivity contribution is -0.139. The number of carbonyl (C=O) groups excluding carboxylic acids is 4. The van der Waals surface area contributed by atoms with Crippen molar-refractivity contribution in [3.05, 3.63) is 35.9 Å². The topological polar surface area (TPSA) is 122 Å². The minimum Gasteiger partial charge on any atom is -0.368 e. The fourth-order valence-corrected chi connectivity index (χ4v) is 3.61. The molecule has 2 heterocycles. The molecule has 0 radical (unpaired) electrons. The van der Waals surface area contributed by atoms with Crippen LogP contribution in [0.5, 0.6) is 0 Å². The molecule has 2 saturated heterocycles. The second-order valence-corrected chi connectivity index (χ2v) is 7.46. The molecule has 2 fully saturated rings. The Hall–Kier alpha value is -2.90. The number of likely N-dealkylation sites (tertiary alicyclic amines) is 1. The smallest absolute Gasteiger partial charge is 0.245 e. The van der Waals surface area contributed by atoms with Gasteiger partial charge in [0.15, 0.2) is 0 Å². The van der Waals surface area contributed by atoms with E-state index in [1.54, 1.807) is 0 Å². The van der Waals surface area contributed by atoms with Gasteiger partial charge < -0.3 is 21.3 Å². The van der Waals surface area contributed by atoms with E-state index in [9.17, 15) is 19.2 Å². The maximum Gasteiger partial charge on any atom is 0.245 e. The van der Waals surface area contributed by atoms with Crippen molar-refractivity contribution in [2.75, 3.05) is 6.54 Å². The molecule has 2 aliphatic rings. The van der Waals surface area contributed by atoms with Gasteiger partial charge in [-0.15, -0.1) is 0 Å². The van der Waals surface area contributed by atoms with Crippen molar-refractivity contribution >= 4 is 24.1 Å². The van der Waals surface area contributed by atoms with Crippen molar-refractivity contribution in [1.29, 1.82) is 0 Å². The molecule has 0 spiro atoms. The standard InChI is InChI=1S/C16H21N3O3.C5H9NO/c17-15(21)14-7-4-10-19(14)16(22)13(18-11-20)9-8-12-5-2-1-3-6-12;1-4-2-3-5(7)6-4/h1-3,5-6,11,13-14H,4,7-10H2,(H2,17,21)(H,18,20);4H,2-3H2,1H3,(H,6,7). The number of nitrogens with one attached hydrogen (secondary N) is 2. The lowest BCUT2D eigenvalue weighted by Crippen LogP contribution is -2.51. The molecule has 158 valence electrons. The predicted octanol–water partition coefficient (Wildman–Crippen LogP) is 0.495. The van der Waals surface area contributed by atoms with Crippen LogP contribution in [0.15, 0.2) is 30.3 Å². The maximum absolute atomic E-state index is 12.6. The van der Waals surface area contributed by atoms with Gasteiger partial charge in [-0.3, -0.25) is 19.2 Å². The van der Waals surface area contributed by atoms with Gasteiger partial charge in [-0.1, -0.05) is 30.3 Å². The van der Waals surface area contributed by atoms with Gasteiger partial charge in [0.05, 0.1) is 0 Å². The fraction of sp³-hybridized carbons (Fsp3) is 0.524. The van der Waals surface area contributed by atoms with Gasteiger partial charge in [0.2, 0.25) is 24.1 Å². The average molecular weight is 402 g/mol. The number of hydrogen-bond donors (Lipinski definition) is 3. The van der Waals surface area contributed by atoms with Crippen LogP contribution in [0.3, 0.4) is 0 Å². The summed E-state index contributed by atoms with van der Waals surface area (Å²) in [5.74, 6) is -0.518. The summed E-state index contributed by atoms with van der Waals surface area (Å²) >= 11 is 0. The third-order valence-corrected chi connectivity index (χ3v) is 5.21. The molecule has 2 aliphatic heterocycles. The Balaban J connectivity index is 0.000000360. The molecular formula is C21H30N4O4. The van der Waals surface area contributed by atoms with Gasteiger partial charge in [0.1, 0.15) is 12.1 Å². The van der Waals surface area contributed by atoms with Crippen LogP contribution in [0.1, 0.15) is 44.6 Å². The number of nitrogens with two attached hydrogens (primary N) is 1. The predicted molar refractivity (Wildman–Crippen MR) is 109 cm³/mol. The van der Waals surface area contributed by atoms with E-state index in [-0.39, 0.29) is 11.8 Å². The van der Waals surface area contributed by atoms with Crippen molar-refractivity contribution < 1.29 is 19.2 Å². The highest BCUT2D eigenvalue weighted by molar-refractivity contribution is 5.90. The Morgan fingerprint density at radius 3 is 2.55 bits per heavy atom. The van der Waals surface area contributed by atoms with E-state index >= 15 is 0 Å². The summed E-state index contributed by atoms with van der Waals surface area (Å²) in [4.78, 5) is 46.6. The summed E-state index contributed by atoms with van der Waals surface area (Å²) in [7, 11) is 0. The van der Waals surface area contributed by atoms with Crippen molar-refractivity contribution in [3.8, 4) is 0 Å². The van der Waals surface area contributed by atoms with Gasteiger partial charge in [0, 0.05) is 19.0 Å². The summed E-state index contributed by atoms with van der Waals surface area (Å²) in [5, 5.41) is 5.34.